The molecule has 0 N–H and O–H groups in total. The van der Waals surface area contributed by atoms with E-state index in [-0.39, 0.29) is 24.9 Å². The molecule has 2 heterocycles. The number of piperidine rings is 1. The molecule has 1 aliphatic rings. The summed E-state index contributed by atoms with van der Waals surface area (Å²) in [6.07, 6.45) is 1.30. The molecule has 2 aromatic rings. The zero-order chi connectivity index (χ0) is 20.3. The first-order valence-corrected chi connectivity index (χ1v) is 10.5. The first kappa shape index (κ1) is 20.4. The highest BCUT2D eigenvalue weighted by Gasteiger charge is 2.34. The van der Waals surface area contributed by atoms with E-state index in [4.69, 9.17) is 4.52 Å². The largest absolute Gasteiger partial charge is 0.337 e. The monoisotopic (exact) mass is 407 g/mol. The van der Waals surface area contributed by atoms with Gasteiger partial charge in [-0.2, -0.15) is 22.0 Å². The van der Waals surface area contributed by atoms with Gasteiger partial charge < -0.3 is 9.42 Å². The number of amides is 1. The summed E-state index contributed by atoms with van der Waals surface area (Å²) in [6, 6.07) is 9.44. The highest BCUT2D eigenvalue weighted by atomic mass is 32.2. The van der Waals surface area contributed by atoms with Gasteiger partial charge >= 0.3 is 0 Å². The molecule has 9 nitrogen and oxygen atoms in total. The lowest BCUT2D eigenvalue weighted by Gasteiger charge is -2.34. The summed E-state index contributed by atoms with van der Waals surface area (Å²) in [6.45, 7) is 0.788. The van der Waals surface area contributed by atoms with E-state index in [1.807, 2.05) is 30.3 Å². The first-order chi connectivity index (χ1) is 13.3. The second-order valence-corrected chi connectivity index (χ2v) is 9.20. The molecule has 1 fully saturated rings. The van der Waals surface area contributed by atoms with E-state index in [1.165, 1.54) is 27.6 Å². The van der Waals surface area contributed by atoms with Gasteiger partial charge in [-0.25, -0.2) is 0 Å². The average Bonchev–Trinajstić information content (AvgIpc) is 3.16. The number of hydrogen-bond donors (Lipinski definition) is 0. The van der Waals surface area contributed by atoms with Crippen molar-refractivity contribution in [2.75, 3.05) is 34.2 Å². The first-order valence-electron chi connectivity index (χ1n) is 9.09. The van der Waals surface area contributed by atoms with Crippen LogP contribution in [0.3, 0.4) is 0 Å². The molecule has 152 valence electrons. The van der Waals surface area contributed by atoms with E-state index in [9.17, 15) is 13.2 Å². The molecule has 1 aromatic heterocycles. The van der Waals surface area contributed by atoms with Crippen molar-refractivity contribution in [2.24, 2.45) is 5.92 Å². The quantitative estimate of drug-likeness (QED) is 0.714. The van der Waals surface area contributed by atoms with Gasteiger partial charge in [0.2, 0.25) is 17.6 Å². The molecule has 1 atom stereocenters. The third-order valence-corrected chi connectivity index (χ3v) is 6.68. The van der Waals surface area contributed by atoms with Crippen LogP contribution in [0.25, 0.3) is 11.4 Å². The fraction of sp³-hybridized carbons (Fsp3) is 0.500. The lowest BCUT2D eigenvalue weighted by molar-refractivity contribution is -0.136. The van der Waals surface area contributed by atoms with Gasteiger partial charge in [-0.15, -0.1) is 0 Å². The van der Waals surface area contributed by atoms with Crippen LogP contribution in [0, 0.1) is 5.92 Å². The fourth-order valence-electron chi connectivity index (χ4n) is 3.20. The van der Waals surface area contributed by atoms with E-state index in [2.05, 4.69) is 10.1 Å². The minimum Gasteiger partial charge on any atom is -0.337 e. The summed E-state index contributed by atoms with van der Waals surface area (Å²) < 4.78 is 32.5. The maximum Gasteiger partial charge on any atom is 0.281 e. The number of carbonyl (C=O) groups excluding carboxylic acids is 1. The summed E-state index contributed by atoms with van der Waals surface area (Å²) >= 11 is 0. The zero-order valence-corrected chi connectivity index (χ0v) is 17.1. The smallest absolute Gasteiger partial charge is 0.281 e. The number of benzene rings is 1. The highest BCUT2D eigenvalue weighted by molar-refractivity contribution is 7.86. The van der Waals surface area contributed by atoms with Crippen LogP contribution in [0.4, 0.5) is 0 Å². The molecule has 0 saturated carbocycles. The third kappa shape index (κ3) is 4.40. The van der Waals surface area contributed by atoms with Crippen molar-refractivity contribution < 1.29 is 17.7 Å². The molecule has 0 aliphatic carbocycles. The van der Waals surface area contributed by atoms with Gasteiger partial charge in [0.15, 0.2) is 0 Å². The molecule has 10 heteroatoms. The van der Waals surface area contributed by atoms with Crippen LogP contribution in [-0.2, 0) is 21.5 Å². The number of hydrogen-bond acceptors (Lipinski definition) is 6. The summed E-state index contributed by atoms with van der Waals surface area (Å²) in [5.74, 6) is 0.295. The Bertz CT molecular complexity index is 913. The van der Waals surface area contributed by atoms with Crippen molar-refractivity contribution in [3.63, 3.8) is 0 Å². The van der Waals surface area contributed by atoms with E-state index in [0.29, 0.717) is 31.1 Å². The van der Waals surface area contributed by atoms with E-state index in [0.717, 1.165) is 5.56 Å². The molecule has 1 unspecified atom stereocenters. The Kier molecular flexibility index (Phi) is 6.11. The summed E-state index contributed by atoms with van der Waals surface area (Å²) in [5.41, 5.74) is 0.836. The van der Waals surface area contributed by atoms with Gasteiger partial charge in [-0.1, -0.05) is 35.5 Å². The van der Waals surface area contributed by atoms with E-state index >= 15 is 0 Å². The lowest BCUT2D eigenvalue weighted by atomic mass is 9.98. The fourth-order valence-corrected chi connectivity index (χ4v) is 4.39. The highest BCUT2D eigenvalue weighted by Crippen LogP contribution is 2.22. The Morgan fingerprint density at radius 1 is 1.25 bits per heavy atom. The molecule has 0 spiro atoms. The van der Waals surface area contributed by atoms with Crippen LogP contribution in [0.5, 0.6) is 0 Å². The number of aromatic nitrogens is 2. The van der Waals surface area contributed by atoms with Crippen molar-refractivity contribution in [3.8, 4) is 11.4 Å². The van der Waals surface area contributed by atoms with Gasteiger partial charge in [0.1, 0.15) is 0 Å². The second kappa shape index (κ2) is 8.38. The Morgan fingerprint density at radius 3 is 2.64 bits per heavy atom. The van der Waals surface area contributed by atoms with Crippen LogP contribution in [0.2, 0.25) is 0 Å². The normalized spacial score (nSPS) is 18.4. The summed E-state index contributed by atoms with van der Waals surface area (Å²) in [4.78, 5) is 18.7. The van der Waals surface area contributed by atoms with Crippen molar-refractivity contribution >= 4 is 16.1 Å². The maximum absolute atomic E-state index is 12.8. The number of carbonyl (C=O) groups is 1. The summed E-state index contributed by atoms with van der Waals surface area (Å²) in [7, 11) is 1.12. The maximum atomic E-state index is 12.8. The number of rotatable bonds is 6. The molecule has 1 aromatic carbocycles. The SMILES string of the molecule is CN(Cc1nc(-c2ccccc2)no1)C(=O)C1CCCN(S(=O)(=O)N(C)C)C1. The van der Waals surface area contributed by atoms with Crippen molar-refractivity contribution in [1.82, 2.24) is 23.7 Å². The Balaban J connectivity index is 1.64. The minimum absolute atomic E-state index is 0.127. The van der Waals surface area contributed by atoms with E-state index < -0.39 is 10.2 Å². The standard InChI is InChI=1S/C18H25N5O4S/c1-21(2)28(25,26)23-11-7-10-15(12-23)18(24)22(3)13-16-19-17(20-27-16)14-8-5-4-6-9-14/h4-6,8-9,15H,7,10-13H2,1-3H3. The van der Waals surface area contributed by atoms with Crippen LogP contribution in [0.1, 0.15) is 18.7 Å². The van der Waals surface area contributed by atoms with Crippen LogP contribution < -0.4 is 0 Å². The molecule has 3 rings (SSSR count). The predicted molar refractivity (Wildman–Crippen MR) is 103 cm³/mol. The summed E-state index contributed by atoms with van der Waals surface area (Å²) in [5, 5.41) is 3.96. The van der Waals surface area contributed by atoms with Gasteiger partial charge in [0, 0.05) is 39.8 Å². The topological polar surface area (TPSA) is 99.9 Å². The third-order valence-electron chi connectivity index (χ3n) is 4.77. The molecule has 1 amide bonds. The zero-order valence-electron chi connectivity index (χ0n) is 16.3. The van der Waals surface area contributed by atoms with Gasteiger partial charge in [0.25, 0.3) is 10.2 Å². The van der Waals surface area contributed by atoms with Crippen LogP contribution >= 0.6 is 0 Å². The van der Waals surface area contributed by atoms with Gasteiger partial charge in [0.05, 0.1) is 12.5 Å². The molecular formula is C18H25N5O4S. The molecule has 1 saturated heterocycles. The minimum atomic E-state index is -3.52. The van der Waals surface area contributed by atoms with Gasteiger partial charge in [-0.05, 0) is 12.8 Å². The second-order valence-electron chi connectivity index (χ2n) is 7.06. The van der Waals surface area contributed by atoms with Crippen LogP contribution in [-0.4, -0.2) is 72.2 Å². The van der Waals surface area contributed by atoms with E-state index in [1.54, 1.807) is 7.05 Å². The Hall–Kier alpha value is -2.30. The van der Waals surface area contributed by atoms with Crippen molar-refractivity contribution in [2.45, 2.75) is 19.4 Å². The molecular weight excluding hydrogens is 382 g/mol. The predicted octanol–water partition coefficient (Wildman–Crippen LogP) is 1.21. The van der Waals surface area contributed by atoms with Crippen molar-refractivity contribution in [1.29, 1.82) is 0 Å². The number of nitrogens with zero attached hydrogens (tertiary/aromatic N) is 5. The Labute approximate surface area is 165 Å². The molecule has 28 heavy (non-hydrogen) atoms. The Morgan fingerprint density at radius 2 is 1.96 bits per heavy atom. The average molecular weight is 407 g/mol. The molecule has 1 aliphatic heterocycles. The lowest BCUT2D eigenvalue weighted by Crippen LogP contribution is -2.49. The van der Waals surface area contributed by atoms with Crippen molar-refractivity contribution in [3.05, 3.63) is 36.2 Å². The molecule has 0 radical (unpaired) electrons. The van der Waals surface area contributed by atoms with Gasteiger partial charge in [-0.3, -0.25) is 4.79 Å². The molecule has 0 bridgehead atoms. The van der Waals surface area contributed by atoms with Crippen LogP contribution in [0.15, 0.2) is 34.9 Å².